The predicted octanol–water partition coefficient (Wildman–Crippen LogP) is 3.19. The number of anilines is 2. The van der Waals surface area contributed by atoms with Gasteiger partial charge in [0.15, 0.2) is 0 Å². The minimum atomic E-state index is -0.237. The van der Waals surface area contributed by atoms with Gasteiger partial charge in [0.1, 0.15) is 5.82 Å². The number of aromatic nitrogens is 1. The van der Waals surface area contributed by atoms with Crippen molar-refractivity contribution >= 4 is 29.0 Å². The molecule has 3 N–H and O–H groups in total. The third kappa shape index (κ3) is 3.03. The van der Waals surface area contributed by atoms with Gasteiger partial charge in [-0.25, -0.2) is 4.98 Å². The molecule has 2 rings (SSSR count). The van der Waals surface area contributed by atoms with Crippen LogP contribution in [-0.4, -0.2) is 10.9 Å². The first-order valence-corrected chi connectivity index (χ1v) is 6.15. The molecule has 0 atom stereocenters. The Labute approximate surface area is 116 Å². The highest BCUT2D eigenvalue weighted by Crippen LogP contribution is 2.19. The van der Waals surface area contributed by atoms with E-state index in [1.807, 2.05) is 19.9 Å². The number of carbonyl (C=O) groups excluding carboxylic acids is 1. The fourth-order valence-electron chi connectivity index (χ4n) is 1.75. The number of nitrogens with two attached hydrogens (primary N) is 1. The Morgan fingerprint density at radius 1 is 1.26 bits per heavy atom. The summed E-state index contributed by atoms with van der Waals surface area (Å²) in [5.74, 6) is 0.215. The number of rotatable bonds is 2. The van der Waals surface area contributed by atoms with Gasteiger partial charge in [0.05, 0.1) is 5.02 Å². The third-order valence-corrected chi connectivity index (χ3v) is 3.05. The van der Waals surface area contributed by atoms with Crippen LogP contribution in [-0.2, 0) is 0 Å². The Kier molecular flexibility index (Phi) is 3.71. The van der Waals surface area contributed by atoms with Gasteiger partial charge in [-0.2, -0.15) is 0 Å². The van der Waals surface area contributed by atoms with E-state index in [-0.39, 0.29) is 5.91 Å². The lowest BCUT2D eigenvalue weighted by Gasteiger charge is -2.10. The summed E-state index contributed by atoms with van der Waals surface area (Å²) in [6, 6.07) is 6.88. The minimum Gasteiger partial charge on any atom is -0.398 e. The van der Waals surface area contributed by atoms with E-state index in [1.54, 1.807) is 18.2 Å². The third-order valence-electron chi connectivity index (χ3n) is 2.83. The monoisotopic (exact) mass is 275 g/mol. The van der Waals surface area contributed by atoms with Crippen LogP contribution in [0.25, 0.3) is 0 Å². The summed E-state index contributed by atoms with van der Waals surface area (Å²) in [7, 11) is 0. The summed E-state index contributed by atoms with van der Waals surface area (Å²) in [5, 5.41) is 3.23. The van der Waals surface area contributed by atoms with E-state index in [0.29, 0.717) is 22.1 Å². The number of pyridine rings is 1. The molecule has 0 aliphatic heterocycles. The summed E-state index contributed by atoms with van der Waals surface area (Å²) in [6.07, 6.45) is 1.48. The molecule has 1 heterocycles. The zero-order valence-corrected chi connectivity index (χ0v) is 11.5. The predicted molar refractivity (Wildman–Crippen MR) is 77.5 cm³/mol. The molecule has 0 saturated carbocycles. The topological polar surface area (TPSA) is 68.0 Å². The number of hydrogen-bond donors (Lipinski definition) is 2. The van der Waals surface area contributed by atoms with Crippen molar-refractivity contribution in [1.29, 1.82) is 0 Å². The smallest absolute Gasteiger partial charge is 0.257 e. The molecule has 1 aromatic heterocycles. The second-order valence-electron chi connectivity index (χ2n) is 4.34. The Morgan fingerprint density at radius 2 is 2.00 bits per heavy atom. The number of nitrogen functional groups attached to an aromatic ring is 1. The van der Waals surface area contributed by atoms with Crippen LogP contribution in [0.15, 0.2) is 30.5 Å². The highest BCUT2D eigenvalue weighted by Gasteiger charge is 2.11. The molecule has 19 heavy (non-hydrogen) atoms. The molecule has 0 aliphatic rings. The quantitative estimate of drug-likeness (QED) is 0.827. The Bertz CT molecular complexity index is 623. The van der Waals surface area contributed by atoms with Gasteiger partial charge in [-0.1, -0.05) is 17.7 Å². The van der Waals surface area contributed by atoms with Crippen LogP contribution in [0.1, 0.15) is 21.5 Å². The minimum absolute atomic E-state index is 0.237. The van der Waals surface area contributed by atoms with Crippen molar-refractivity contribution in [3.63, 3.8) is 0 Å². The van der Waals surface area contributed by atoms with Crippen LogP contribution in [0.4, 0.5) is 11.5 Å². The number of amides is 1. The zero-order chi connectivity index (χ0) is 14.0. The van der Waals surface area contributed by atoms with Crippen LogP contribution in [0.5, 0.6) is 0 Å². The average Bonchev–Trinajstić information content (AvgIpc) is 2.36. The van der Waals surface area contributed by atoms with E-state index in [9.17, 15) is 4.79 Å². The summed E-state index contributed by atoms with van der Waals surface area (Å²) in [5.41, 5.74) is 8.80. The van der Waals surface area contributed by atoms with Crippen LogP contribution in [0.3, 0.4) is 0 Å². The van der Waals surface area contributed by atoms with Gasteiger partial charge in [0, 0.05) is 17.4 Å². The summed E-state index contributed by atoms with van der Waals surface area (Å²) < 4.78 is 0. The Balaban J connectivity index is 2.25. The first kappa shape index (κ1) is 13.4. The summed E-state index contributed by atoms with van der Waals surface area (Å²) in [6.45, 7) is 3.78. The van der Waals surface area contributed by atoms with E-state index in [1.165, 1.54) is 6.20 Å². The molecular weight excluding hydrogens is 262 g/mol. The summed E-state index contributed by atoms with van der Waals surface area (Å²) >= 11 is 5.74. The number of nitrogens with zero attached hydrogens (tertiary/aromatic N) is 1. The molecule has 98 valence electrons. The number of carbonyl (C=O) groups is 1. The van der Waals surface area contributed by atoms with Crippen molar-refractivity contribution < 1.29 is 4.79 Å². The first-order valence-electron chi connectivity index (χ1n) is 5.77. The maximum Gasteiger partial charge on any atom is 0.257 e. The second-order valence-corrected chi connectivity index (χ2v) is 4.78. The second kappa shape index (κ2) is 5.28. The van der Waals surface area contributed by atoms with Gasteiger partial charge < -0.3 is 11.1 Å². The zero-order valence-electron chi connectivity index (χ0n) is 10.7. The molecule has 0 spiro atoms. The van der Waals surface area contributed by atoms with Gasteiger partial charge in [0.2, 0.25) is 0 Å². The molecule has 0 unspecified atom stereocenters. The molecule has 1 amide bonds. The van der Waals surface area contributed by atoms with Crippen molar-refractivity contribution in [2.75, 3.05) is 11.1 Å². The number of hydrogen-bond acceptors (Lipinski definition) is 3. The molecule has 0 aliphatic carbocycles. The van der Waals surface area contributed by atoms with Crippen molar-refractivity contribution in [2.24, 2.45) is 0 Å². The first-order chi connectivity index (χ1) is 8.97. The molecule has 0 radical (unpaired) electrons. The van der Waals surface area contributed by atoms with Gasteiger partial charge >= 0.3 is 0 Å². The number of nitrogens with one attached hydrogen (secondary N) is 1. The van der Waals surface area contributed by atoms with Gasteiger partial charge in [-0.05, 0) is 43.2 Å². The van der Waals surface area contributed by atoms with E-state index in [4.69, 9.17) is 17.3 Å². The standard InChI is InChI=1S/C14H14ClN3O/c1-8-5-9(2)12(16)6-11(8)14(19)18-13-4-3-10(15)7-17-13/h3-7H,16H2,1-2H3,(H,17,18,19). The molecule has 0 saturated heterocycles. The molecule has 5 heteroatoms. The highest BCUT2D eigenvalue weighted by molar-refractivity contribution is 6.30. The fourth-order valence-corrected chi connectivity index (χ4v) is 1.86. The highest BCUT2D eigenvalue weighted by atomic mass is 35.5. The SMILES string of the molecule is Cc1cc(C)c(C(=O)Nc2ccc(Cl)cn2)cc1N. The van der Waals surface area contributed by atoms with E-state index in [0.717, 1.165) is 11.1 Å². The number of halogens is 1. The van der Waals surface area contributed by atoms with Crippen molar-refractivity contribution in [3.8, 4) is 0 Å². The van der Waals surface area contributed by atoms with Crippen molar-refractivity contribution in [2.45, 2.75) is 13.8 Å². The molecule has 0 fully saturated rings. The Morgan fingerprint density at radius 3 is 2.63 bits per heavy atom. The summed E-state index contributed by atoms with van der Waals surface area (Å²) in [4.78, 5) is 16.2. The van der Waals surface area contributed by atoms with E-state index >= 15 is 0 Å². The van der Waals surface area contributed by atoms with Crippen molar-refractivity contribution in [3.05, 3.63) is 52.2 Å². The van der Waals surface area contributed by atoms with Gasteiger partial charge in [-0.15, -0.1) is 0 Å². The average molecular weight is 276 g/mol. The fraction of sp³-hybridized carbons (Fsp3) is 0.143. The van der Waals surface area contributed by atoms with Crippen molar-refractivity contribution in [1.82, 2.24) is 4.98 Å². The maximum absolute atomic E-state index is 12.1. The molecule has 0 bridgehead atoms. The van der Waals surface area contributed by atoms with Crippen LogP contribution in [0, 0.1) is 13.8 Å². The lowest BCUT2D eigenvalue weighted by Crippen LogP contribution is -2.15. The molecule has 4 nitrogen and oxygen atoms in total. The lowest BCUT2D eigenvalue weighted by molar-refractivity contribution is 0.102. The molecule has 1 aromatic carbocycles. The van der Waals surface area contributed by atoms with E-state index in [2.05, 4.69) is 10.3 Å². The van der Waals surface area contributed by atoms with E-state index < -0.39 is 0 Å². The maximum atomic E-state index is 12.1. The number of aryl methyl sites for hydroxylation is 2. The normalized spacial score (nSPS) is 10.3. The van der Waals surface area contributed by atoms with Crippen LogP contribution in [0.2, 0.25) is 5.02 Å². The van der Waals surface area contributed by atoms with Gasteiger partial charge in [0.25, 0.3) is 5.91 Å². The molecule has 2 aromatic rings. The number of benzene rings is 1. The largest absolute Gasteiger partial charge is 0.398 e. The Hall–Kier alpha value is -2.07. The van der Waals surface area contributed by atoms with Gasteiger partial charge in [-0.3, -0.25) is 4.79 Å². The lowest BCUT2D eigenvalue weighted by atomic mass is 10.0. The van der Waals surface area contributed by atoms with Crippen LogP contribution < -0.4 is 11.1 Å². The van der Waals surface area contributed by atoms with Crippen LogP contribution >= 0.6 is 11.6 Å². The molecular formula is C14H14ClN3O.